The minimum atomic E-state index is -0.726. The van der Waals surface area contributed by atoms with E-state index in [0.29, 0.717) is 0 Å². The number of rotatable bonds is 5. The Bertz CT molecular complexity index is 434. The molecule has 0 bridgehead atoms. The zero-order valence-electron chi connectivity index (χ0n) is 10.5. The molecule has 2 atom stereocenters. The van der Waals surface area contributed by atoms with Gasteiger partial charge in [-0.15, -0.1) is 0 Å². The van der Waals surface area contributed by atoms with Gasteiger partial charge in [-0.1, -0.05) is 12.1 Å². The Kier molecular flexibility index (Phi) is 4.85. The molecule has 0 aliphatic carbocycles. The normalized spacial score (nSPS) is 13.7. The molecular weight excluding hydrogens is 237 g/mol. The van der Waals surface area contributed by atoms with E-state index in [1.165, 1.54) is 26.4 Å². The van der Waals surface area contributed by atoms with Gasteiger partial charge in [0.25, 0.3) is 5.69 Å². The van der Waals surface area contributed by atoms with Crippen LogP contribution in [0.15, 0.2) is 24.3 Å². The van der Waals surface area contributed by atoms with E-state index in [9.17, 15) is 14.9 Å². The van der Waals surface area contributed by atoms with E-state index >= 15 is 0 Å². The van der Waals surface area contributed by atoms with Crippen LogP contribution in [0.4, 0.5) is 5.69 Å². The van der Waals surface area contributed by atoms with Crippen molar-refractivity contribution in [1.82, 2.24) is 0 Å². The van der Waals surface area contributed by atoms with Gasteiger partial charge in [0.05, 0.1) is 12.0 Å². The summed E-state index contributed by atoms with van der Waals surface area (Å²) in [5.41, 5.74) is 0.788. The summed E-state index contributed by atoms with van der Waals surface area (Å²) in [5.74, 6) is -0.716. The van der Waals surface area contributed by atoms with E-state index in [0.717, 1.165) is 5.56 Å². The summed E-state index contributed by atoms with van der Waals surface area (Å²) >= 11 is 0. The first kappa shape index (κ1) is 14.2. The van der Waals surface area contributed by atoms with Gasteiger partial charge in [0.2, 0.25) is 0 Å². The monoisotopic (exact) mass is 251 g/mol. The maximum atomic E-state index is 11.5. The van der Waals surface area contributed by atoms with Crippen LogP contribution in [0.25, 0.3) is 0 Å². The summed E-state index contributed by atoms with van der Waals surface area (Å²) in [5, 5.41) is 10.5. The van der Waals surface area contributed by atoms with Gasteiger partial charge in [0.1, 0.15) is 7.85 Å². The molecule has 0 saturated carbocycles. The first-order chi connectivity index (χ1) is 8.51. The standard InChI is InChI=1S/C11H14BNO5/c1-17-10(11(14)18-2)9(12)7-3-5-8(6-4-7)13(15)16/h3-6,9-10H,12H2,1-2H3. The number of nitrogens with zero attached hydrogens (tertiary/aromatic N) is 1. The van der Waals surface area contributed by atoms with Gasteiger partial charge in [0.15, 0.2) is 6.10 Å². The molecule has 6 nitrogen and oxygen atoms in total. The molecule has 1 aromatic rings. The molecule has 0 amide bonds. The summed E-state index contributed by atoms with van der Waals surface area (Å²) in [4.78, 5) is 21.5. The smallest absolute Gasteiger partial charge is 0.334 e. The number of ether oxygens (including phenoxy) is 2. The molecule has 0 saturated heterocycles. The first-order valence-corrected chi connectivity index (χ1v) is 5.36. The van der Waals surface area contributed by atoms with Crippen molar-refractivity contribution in [3.63, 3.8) is 0 Å². The van der Waals surface area contributed by atoms with Crippen molar-refractivity contribution in [1.29, 1.82) is 0 Å². The van der Waals surface area contributed by atoms with Gasteiger partial charge in [-0.2, -0.15) is 0 Å². The number of non-ortho nitro benzene ring substituents is 1. The average Bonchev–Trinajstić information content (AvgIpc) is 2.39. The lowest BCUT2D eigenvalue weighted by atomic mass is 9.76. The Balaban J connectivity index is 2.91. The molecular formula is C11H14BNO5. The predicted octanol–water partition coefficient (Wildman–Crippen LogP) is 0.457. The molecule has 0 fully saturated rings. The Hall–Kier alpha value is -1.89. The van der Waals surface area contributed by atoms with Gasteiger partial charge in [-0.25, -0.2) is 4.79 Å². The van der Waals surface area contributed by atoms with Crippen LogP contribution in [0, 0.1) is 10.1 Å². The molecule has 18 heavy (non-hydrogen) atoms. The number of benzene rings is 1. The van der Waals surface area contributed by atoms with Crippen molar-refractivity contribution in [3.05, 3.63) is 39.9 Å². The fourth-order valence-electron chi connectivity index (χ4n) is 1.70. The lowest BCUT2D eigenvalue weighted by Gasteiger charge is -2.20. The van der Waals surface area contributed by atoms with E-state index in [2.05, 4.69) is 4.74 Å². The highest BCUT2D eigenvalue weighted by Gasteiger charge is 2.27. The number of hydrogen-bond acceptors (Lipinski definition) is 5. The summed E-state index contributed by atoms with van der Waals surface area (Å²) < 4.78 is 9.72. The third-order valence-corrected chi connectivity index (χ3v) is 2.77. The Morgan fingerprint density at radius 3 is 2.28 bits per heavy atom. The van der Waals surface area contributed by atoms with Crippen LogP contribution < -0.4 is 0 Å². The molecule has 96 valence electrons. The SMILES string of the molecule is BC(c1ccc([N+](=O)[O-])cc1)C(OC)C(=O)OC. The minimum Gasteiger partial charge on any atom is -0.467 e. The Labute approximate surface area is 105 Å². The fourth-order valence-corrected chi connectivity index (χ4v) is 1.70. The molecule has 0 radical (unpaired) electrons. The van der Waals surface area contributed by atoms with Crippen LogP contribution in [0.3, 0.4) is 0 Å². The second-order valence-corrected chi connectivity index (χ2v) is 3.82. The molecule has 0 aliphatic heterocycles. The lowest BCUT2D eigenvalue weighted by molar-refractivity contribution is -0.384. The van der Waals surface area contributed by atoms with Crippen LogP contribution in [0.1, 0.15) is 11.4 Å². The van der Waals surface area contributed by atoms with Crippen LogP contribution >= 0.6 is 0 Å². The summed E-state index contributed by atoms with van der Waals surface area (Å²) in [6.45, 7) is 0. The summed E-state index contributed by atoms with van der Waals surface area (Å²) in [7, 11) is 4.51. The fraction of sp³-hybridized carbons (Fsp3) is 0.364. The Morgan fingerprint density at radius 1 is 1.33 bits per heavy atom. The van der Waals surface area contributed by atoms with Gasteiger partial charge in [-0.3, -0.25) is 10.1 Å². The molecule has 1 rings (SSSR count). The van der Waals surface area contributed by atoms with E-state index in [1.807, 2.05) is 0 Å². The van der Waals surface area contributed by atoms with E-state index in [1.54, 1.807) is 20.0 Å². The number of nitro groups is 1. The number of carbonyl (C=O) groups is 1. The van der Waals surface area contributed by atoms with E-state index in [4.69, 9.17) is 4.74 Å². The molecule has 2 unspecified atom stereocenters. The zero-order valence-corrected chi connectivity index (χ0v) is 10.5. The number of hydrogen-bond donors (Lipinski definition) is 0. The van der Waals surface area contributed by atoms with E-state index in [-0.39, 0.29) is 11.5 Å². The van der Waals surface area contributed by atoms with Crippen molar-refractivity contribution in [3.8, 4) is 0 Å². The van der Waals surface area contributed by atoms with Crippen molar-refractivity contribution < 1.29 is 19.2 Å². The van der Waals surface area contributed by atoms with Crippen molar-refractivity contribution in [2.24, 2.45) is 0 Å². The number of esters is 1. The number of carbonyl (C=O) groups excluding carboxylic acids is 1. The van der Waals surface area contributed by atoms with Crippen molar-refractivity contribution in [2.75, 3.05) is 14.2 Å². The number of methoxy groups -OCH3 is 2. The summed E-state index contributed by atoms with van der Waals surface area (Å²) in [6, 6.07) is 6.02. The zero-order chi connectivity index (χ0) is 13.7. The summed E-state index contributed by atoms with van der Waals surface area (Å²) in [6.07, 6.45) is -0.726. The molecule has 0 aromatic heterocycles. The third-order valence-electron chi connectivity index (χ3n) is 2.77. The molecule has 1 aromatic carbocycles. The van der Waals surface area contributed by atoms with Gasteiger partial charge >= 0.3 is 5.97 Å². The highest BCUT2D eigenvalue weighted by atomic mass is 16.6. The van der Waals surface area contributed by atoms with Crippen LogP contribution in [0.5, 0.6) is 0 Å². The molecule has 0 heterocycles. The lowest BCUT2D eigenvalue weighted by Crippen LogP contribution is -2.31. The quantitative estimate of drug-likeness (QED) is 0.328. The molecule has 0 spiro atoms. The predicted molar refractivity (Wildman–Crippen MR) is 67.2 cm³/mol. The van der Waals surface area contributed by atoms with Crippen molar-refractivity contribution >= 4 is 19.5 Å². The van der Waals surface area contributed by atoms with Gasteiger partial charge in [-0.05, 0) is 11.4 Å². The minimum absolute atomic E-state index is 0.0120. The van der Waals surface area contributed by atoms with Gasteiger partial charge < -0.3 is 9.47 Å². The van der Waals surface area contributed by atoms with Crippen molar-refractivity contribution in [2.45, 2.75) is 11.9 Å². The maximum Gasteiger partial charge on any atom is 0.334 e. The molecule has 0 aliphatic rings. The first-order valence-electron chi connectivity index (χ1n) is 5.36. The second-order valence-electron chi connectivity index (χ2n) is 3.82. The number of nitro benzene ring substituents is 1. The van der Waals surface area contributed by atoms with Crippen LogP contribution in [-0.2, 0) is 14.3 Å². The molecule has 0 N–H and O–H groups in total. The molecule has 7 heteroatoms. The van der Waals surface area contributed by atoms with Gasteiger partial charge in [0, 0.05) is 19.2 Å². The van der Waals surface area contributed by atoms with Crippen LogP contribution in [-0.4, -0.2) is 39.1 Å². The highest BCUT2D eigenvalue weighted by Crippen LogP contribution is 2.22. The van der Waals surface area contributed by atoms with Crippen LogP contribution in [0.2, 0.25) is 0 Å². The largest absolute Gasteiger partial charge is 0.467 e. The Morgan fingerprint density at radius 2 is 1.89 bits per heavy atom. The average molecular weight is 251 g/mol. The highest BCUT2D eigenvalue weighted by molar-refractivity contribution is 6.14. The third kappa shape index (κ3) is 3.07. The maximum absolute atomic E-state index is 11.5. The topological polar surface area (TPSA) is 78.7 Å². The van der Waals surface area contributed by atoms with E-state index < -0.39 is 17.0 Å². The second kappa shape index (κ2) is 6.16.